The Morgan fingerprint density at radius 1 is 0.879 bits per heavy atom. The van der Waals surface area contributed by atoms with E-state index in [0.29, 0.717) is 11.3 Å². The highest BCUT2D eigenvalue weighted by Gasteiger charge is 2.20. The van der Waals surface area contributed by atoms with Gasteiger partial charge in [0.05, 0.1) is 16.6 Å². The number of hydrogen-bond acceptors (Lipinski definition) is 4. The largest absolute Gasteiger partial charge is 0.449 e. The summed E-state index contributed by atoms with van der Waals surface area (Å²) in [5.74, 6) is -0.249. The smallest absolute Gasteiger partial charge is 0.338 e. The highest BCUT2D eigenvalue weighted by atomic mass is 16.5. The number of carbonyl (C=O) groups excluding carboxylic acids is 2. The van der Waals surface area contributed by atoms with Gasteiger partial charge >= 0.3 is 5.97 Å². The predicted octanol–water partition coefficient (Wildman–Crippen LogP) is 5.57. The summed E-state index contributed by atoms with van der Waals surface area (Å²) in [7, 11) is 0. The fraction of sp³-hybridized carbons (Fsp3) is 0.0741. The van der Waals surface area contributed by atoms with Gasteiger partial charge < -0.3 is 15.0 Å². The first-order valence-corrected chi connectivity index (χ1v) is 10.6. The molecule has 0 fully saturated rings. The summed E-state index contributed by atoms with van der Waals surface area (Å²) in [6.45, 7) is 1.55. The molecule has 0 radical (unpaired) electrons. The molecular weight excluding hydrogens is 414 g/mol. The number of aromatic nitrogens is 2. The number of carbonyl (C=O) groups is 2. The Kier molecular flexibility index (Phi) is 5.32. The van der Waals surface area contributed by atoms with Crippen molar-refractivity contribution in [2.24, 2.45) is 0 Å². The number of ether oxygens (including phenoxy) is 1. The second kappa shape index (κ2) is 8.59. The number of hydrogen-bond donors (Lipinski definition) is 2. The van der Waals surface area contributed by atoms with Gasteiger partial charge in [0.2, 0.25) is 0 Å². The zero-order valence-corrected chi connectivity index (χ0v) is 17.9. The monoisotopic (exact) mass is 435 g/mol. The third-order valence-electron chi connectivity index (χ3n) is 5.43. The summed E-state index contributed by atoms with van der Waals surface area (Å²) in [6.07, 6.45) is -0.957. The predicted molar refractivity (Wildman–Crippen MR) is 129 cm³/mol. The normalized spacial score (nSPS) is 11.9. The van der Waals surface area contributed by atoms with Gasteiger partial charge in [0.25, 0.3) is 5.91 Å². The minimum absolute atomic E-state index is 0.344. The van der Waals surface area contributed by atoms with Crippen molar-refractivity contribution in [2.45, 2.75) is 13.0 Å². The second-order valence-corrected chi connectivity index (χ2v) is 7.78. The summed E-state index contributed by atoms with van der Waals surface area (Å²) in [5.41, 5.74) is 3.41. The van der Waals surface area contributed by atoms with Crippen molar-refractivity contribution in [1.82, 2.24) is 9.97 Å². The molecule has 0 spiro atoms. The number of anilines is 1. The number of amides is 1. The third kappa shape index (κ3) is 4.32. The van der Waals surface area contributed by atoms with Gasteiger partial charge in [-0.1, -0.05) is 60.7 Å². The van der Waals surface area contributed by atoms with E-state index < -0.39 is 18.0 Å². The second-order valence-electron chi connectivity index (χ2n) is 7.78. The van der Waals surface area contributed by atoms with Crippen molar-refractivity contribution < 1.29 is 14.3 Å². The summed E-state index contributed by atoms with van der Waals surface area (Å²) >= 11 is 0. The van der Waals surface area contributed by atoms with Gasteiger partial charge in [-0.3, -0.25) is 4.79 Å². The molecule has 1 aromatic heterocycles. The number of aromatic amines is 1. The molecule has 4 aromatic carbocycles. The maximum atomic E-state index is 12.7. The lowest BCUT2D eigenvalue weighted by molar-refractivity contribution is -0.123. The summed E-state index contributed by atoms with van der Waals surface area (Å²) in [5, 5.41) is 4.91. The quantitative estimate of drug-likeness (QED) is 0.354. The average Bonchev–Trinajstić information content (AvgIpc) is 3.28. The van der Waals surface area contributed by atoms with Crippen LogP contribution in [0, 0.1) is 0 Å². The molecule has 1 atom stereocenters. The number of fused-ring (bicyclic) bond motifs is 2. The number of H-pyrrole nitrogens is 1. The van der Waals surface area contributed by atoms with Crippen LogP contribution < -0.4 is 5.32 Å². The number of nitrogens with one attached hydrogen (secondary N) is 2. The van der Waals surface area contributed by atoms with Crippen LogP contribution in [-0.4, -0.2) is 27.9 Å². The van der Waals surface area contributed by atoms with Crippen LogP contribution in [0.3, 0.4) is 0 Å². The Morgan fingerprint density at radius 2 is 1.64 bits per heavy atom. The van der Waals surface area contributed by atoms with Gasteiger partial charge in [-0.15, -0.1) is 0 Å². The Balaban J connectivity index is 1.28. The van der Waals surface area contributed by atoms with E-state index in [1.54, 1.807) is 25.1 Å². The van der Waals surface area contributed by atoms with Crippen molar-refractivity contribution in [3.8, 4) is 11.4 Å². The van der Waals surface area contributed by atoms with Crippen LogP contribution in [0.4, 0.5) is 5.69 Å². The van der Waals surface area contributed by atoms with Crippen LogP contribution in [0.15, 0.2) is 91.0 Å². The molecule has 0 aliphatic carbocycles. The van der Waals surface area contributed by atoms with Crippen LogP contribution in [-0.2, 0) is 9.53 Å². The van der Waals surface area contributed by atoms with Crippen LogP contribution >= 0.6 is 0 Å². The number of imidazole rings is 1. The molecule has 0 bridgehead atoms. The number of rotatable bonds is 5. The van der Waals surface area contributed by atoms with E-state index in [-0.39, 0.29) is 0 Å². The van der Waals surface area contributed by atoms with E-state index in [2.05, 4.69) is 15.3 Å². The highest BCUT2D eigenvalue weighted by molar-refractivity contribution is 6.00. The molecular formula is C27H21N3O3. The first-order chi connectivity index (χ1) is 16.1. The number of esters is 1. The maximum absolute atomic E-state index is 12.7. The van der Waals surface area contributed by atoms with Gasteiger partial charge in [-0.25, -0.2) is 9.78 Å². The Bertz CT molecular complexity index is 1470. The first-order valence-electron chi connectivity index (χ1n) is 10.6. The van der Waals surface area contributed by atoms with Gasteiger partial charge in [0.1, 0.15) is 5.82 Å². The Labute approximate surface area is 190 Å². The molecule has 0 saturated heterocycles. The van der Waals surface area contributed by atoms with E-state index >= 15 is 0 Å². The minimum atomic E-state index is -0.957. The highest BCUT2D eigenvalue weighted by Crippen LogP contribution is 2.22. The Hall–Kier alpha value is -4.45. The van der Waals surface area contributed by atoms with Crippen LogP contribution in [0.1, 0.15) is 17.3 Å². The van der Waals surface area contributed by atoms with Crippen LogP contribution in [0.5, 0.6) is 0 Å². The zero-order valence-electron chi connectivity index (χ0n) is 17.9. The first kappa shape index (κ1) is 20.5. The summed E-state index contributed by atoms with van der Waals surface area (Å²) < 4.78 is 5.41. The molecule has 6 heteroatoms. The van der Waals surface area contributed by atoms with Crippen molar-refractivity contribution in [2.75, 3.05) is 5.32 Å². The standard InChI is InChI=1S/C27H21N3O3/c1-17(26(31)28-22-13-11-18-7-5-6-10-20(18)15-22)33-27(32)21-12-14-23-24(16-21)30-25(29-23)19-8-3-2-4-9-19/h2-17H,1H3,(H,28,31)(H,29,30). The molecule has 6 nitrogen and oxygen atoms in total. The van der Waals surface area contributed by atoms with E-state index in [1.807, 2.05) is 72.8 Å². The molecule has 2 N–H and O–H groups in total. The van der Waals surface area contributed by atoms with Crippen LogP contribution in [0.25, 0.3) is 33.2 Å². The van der Waals surface area contributed by atoms with E-state index in [0.717, 1.165) is 33.2 Å². The molecule has 5 aromatic rings. The number of benzene rings is 4. The summed E-state index contributed by atoms with van der Waals surface area (Å²) in [6, 6.07) is 28.4. The van der Waals surface area contributed by atoms with Crippen molar-refractivity contribution in [3.63, 3.8) is 0 Å². The molecule has 5 rings (SSSR count). The van der Waals surface area contributed by atoms with Gasteiger partial charge in [0, 0.05) is 11.3 Å². The molecule has 162 valence electrons. The van der Waals surface area contributed by atoms with Crippen LogP contribution in [0.2, 0.25) is 0 Å². The fourth-order valence-corrected chi connectivity index (χ4v) is 3.66. The maximum Gasteiger partial charge on any atom is 0.338 e. The van der Waals surface area contributed by atoms with Crippen molar-refractivity contribution in [1.29, 1.82) is 0 Å². The molecule has 0 aliphatic heterocycles. The van der Waals surface area contributed by atoms with E-state index in [1.165, 1.54) is 0 Å². The van der Waals surface area contributed by atoms with Gasteiger partial charge in [-0.2, -0.15) is 0 Å². The SMILES string of the molecule is CC(OC(=O)c1ccc2nc(-c3ccccc3)[nH]c2c1)C(=O)Nc1ccc2ccccc2c1. The molecule has 1 amide bonds. The lowest BCUT2D eigenvalue weighted by atomic mass is 10.1. The third-order valence-corrected chi connectivity index (χ3v) is 5.43. The van der Waals surface area contributed by atoms with Gasteiger partial charge in [-0.05, 0) is 48.0 Å². The molecule has 0 aliphatic rings. The lowest BCUT2D eigenvalue weighted by Gasteiger charge is -2.14. The lowest BCUT2D eigenvalue weighted by Crippen LogP contribution is -2.30. The number of nitrogens with zero attached hydrogens (tertiary/aromatic N) is 1. The van der Waals surface area contributed by atoms with Crippen molar-refractivity contribution in [3.05, 3.63) is 96.6 Å². The topological polar surface area (TPSA) is 84.1 Å². The molecule has 0 saturated carbocycles. The zero-order chi connectivity index (χ0) is 22.8. The van der Waals surface area contributed by atoms with E-state index in [4.69, 9.17) is 4.74 Å². The fourth-order valence-electron chi connectivity index (χ4n) is 3.66. The minimum Gasteiger partial charge on any atom is -0.449 e. The van der Waals surface area contributed by atoms with E-state index in [9.17, 15) is 9.59 Å². The summed E-state index contributed by atoms with van der Waals surface area (Å²) in [4.78, 5) is 33.1. The average molecular weight is 435 g/mol. The van der Waals surface area contributed by atoms with Gasteiger partial charge in [0.15, 0.2) is 6.10 Å². The molecule has 1 heterocycles. The Morgan fingerprint density at radius 3 is 2.45 bits per heavy atom. The molecule has 1 unspecified atom stereocenters. The van der Waals surface area contributed by atoms with Crippen molar-refractivity contribution >= 4 is 39.4 Å². The molecule has 33 heavy (non-hydrogen) atoms.